The molecule has 0 aromatic heterocycles. The third-order valence-electron chi connectivity index (χ3n) is 3.31. The predicted octanol–water partition coefficient (Wildman–Crippen LogP) is 3.55. The van der Waals surface area contributed by atoms with Gasteiger partial charge in [-0.1, -0.05) is 60.7 Å². The number of hydrogen-bond donors (Lipinski definition) is 1. The highest BCUT2D eigenvalue weighted by atomic mass is 16.5. The molecule has 0 saturated heterocycles. The Hall–Kier alpha value is -1.64. The van der Waals surface area contributed by atoms with Crippen LogP contribution in [0.15, 0.2) is 60.7 Å². The minimum atomic E-state index is 0.0615. The summed E-state index contributed by atoms with van der Waals surface area (Å²) in [5.41, 5.74) is 2.41. The molecule has 0 aliphatic carbocycles. The van der Waals surface area contributed by atoms with Crippen LogP contribution in [0, 0.1) is 0 Å². The topological polar surface area (TPSA) is 21.3 Å². The van der Waals surface area contributed by atoms with Crippen LogP contribution < -0.4 is 5.32 Å². The summed E-state index contributed by atoms with van der Waals surface area (Å²) in [6, 6.07) is 20.9. The van der Waals surface area contributed by atoms with Crippen LogP contribution in [0.25, 0.3) is 0 Å². The van der Waals surface area contributed by atoms with E-state index in [9.17, 15) is 0 Å². The molecule has 2 rings (SSSR count). The normalized spacial score (nSPS) is 14.0. The van der Waals surface area contributed by atoms with Crippen molar-refractivity contribution in [2.24, 2.45) is 0 Å². The van der Waals surface area contributed by atoms with Crippen LogP contribution in [0.4, 0.5) is 0 Å². The van der Waals surface area contributed by atoms with Gasteiger partial charge in [-0.15, -0.1) is 0 Å². The Kier molecular flexibility index (Phi) is 5.13. The average Bonchev–Trinajstić information content (AvgIpc) is 2.49. The monoisotopic (exact) mass is 255 g/mol. The molecule has 1 N–H and O–H groups in total. The van der Waals surface area contributed by atoms with E-state index in [-0.39, 0.29) is 12.1 Å². The van der Waals surface area contributed by atoms with Gasteiger partial charge in [0.1, 0.15) is 0 Å². The lowest BCUT2D eigenvalue weighted by Crippen LogP contribution is -2.30. The van der Waals surface area contributed by atoms with E-state index in [2.05, 4.69) is 48.6 Å². The van der Waals surface area contributed by atoms with Crippen LogP contribution in [-0.4, -0.2) is 13.1 Å². The van der Waals surface area contributed by atoms with Gasteiger partial charge in [-0.2, -0.15) is 0 Å². The quantitative estimate of drug-likeness (QED) is 0.852. The van der Waals surface area contributed by atoms with Crippen molar-refractivity contribution in [2.45, 2.75) is 25.7 Å². The summed E-state index contributed by atoms with van der Waals surface area (Å²) in [4.78, 5) is 0. The zero-order valence-corrected chi connectivity index (χ0v) is 11.5. The molecule has 0 spiro atoms. The Morgan fingerprint density at radius 2 is 1.53 bits per heavy atom. The second-order valence-corrected chi connectivity index (χ2v) is 4.71. The molecule has 0 aliphatic heterocycles. The molecule has 100 valence electrons. The Bertz CT molecular complexity index is 469. The first-order valence-corrected chi connectivity index (χ1v) is 6.69. The van der Waals surface area contributed by atoms with Crippen molar-refractivity contribution in [3.63, 3.8) is 0 Å². The van der Waals surface area contributed by atoms with Gasteiger partial charge in [0.2, 0.25) is 0 Å². The molecule has 0 amide bonds. The van der Waals surface area contributed by atoms with Gasteiger partial charge in [0.25, 0.3) is 0 Å². The van der Waals surface area contributed by atoms with Crippen molar-refractivity contribution in [1.82, 2.24) is 5.32 Å². The molecule has 2 heteroatoms. The van der Waals surface area contributed by atoms with E-state index in [1.165, 1.54) is 11.1 Å². The van der Waals surface area contributed by atoms with E-state index in [1.54, 1.807) is 0 Å². The van der Waals surface area contributed by atoms with E-state index >= 15 is 0 Å². The van der Waals surface area contributed by atoms with Crippen molar-refractivity contribution in [3.8, 4) is 0 Å². The molecule has 0 fully saturated rings. The molecule has 0 heterocycles. The largest absolute Gasteiger partial charge is 0.367 e. The molecule has 2 unspecified atom stereocenters. The lowest BCUT2D eigenvalue weighted by atomic mass is 10.0. The first-order chi connectivity index (χ1) is 9.31. The van der Waals surface area contributed by atoms with E-state index < -0.39 is 0 Å². The van der Waals surface area contributed by atoms with Crippen LogP contribution in [0.1, 0.15) is 24.2 Å². The van der Waals surface area contributed by atoms with E-state index in [0.29, 0.717) is 6.61 Å². The van der Waals surface area contributed by atoms with Gasteiger partial charge in [-0.05, 0) is 25.1 Å². The Morgan fingerprint density at radius 1 is 0.947 bits per heavy atom. The van der Waals surface area contributed by atoms with Crippen LogP contribution in [-0.2, 0) is 11.3 Å². The average molecular weight is 255 g/mol. The molecule has 2 aromatic carbocycles. The Morgan fingerprint density at radius 3 is 2.11 bits per heavy atom. The van der Waals surface area contributed by atoms with Crippen molar-refractivity contribution < 1.29 is 4.74 Å². The summed E-state index contributed by atoms with van der Waals surface area (Å²) < 4.78 is 6.10. The van der Waals surface area contributed by atoms with Crippen molar-refractivity contribution in [3.05, 3.63) is 71.8 Å². The number of rotatable bonds is 6. The maximum atomic E-state index is 6.10. The number of likely N-dealkylation sites (N-methyl/N-ethyl adjacent to an activating group) is 1. The highest BCUT2D eigenvalue weighted by Crippen LogP contribution is 2.22. The standard InChI is InChI=1S/C17H21NO/c1-14(18-2)17(16-11-7-4-8-12-16)19-13-15-9-5-3-6-10-15/h3-12,14,17-18H,13H2,1-2H3. The van der Waals surface area contributed by atoms with E-state index in [4.69, 9.17) is 4.74 Å². The van der Waals surface area contributed by atoms with Crippen LogP contribution >= 0.6 is 0 Å². The summed E-state index contributed by atoms with van der Waals surface area (Å²) in [5.74, 6) is 0. The minimum Gasteiger partial charge on any atom is -0.367 e. The third-order valence-corrected chi connectivity index (χ3v) is 3.31. The van der Waals surface area contributed by atoms with Crippen LogP contribution in [0.3, 0.4) is 0 Å². The molecule has 0 aliphatic rings. The highest BCUT2D eigenvalue weighted by molar-refractivity contribution is 5.19. The molecule has 19 heavy (non-hydrogen) atoms. The SMILES string of the molecule is CNC(C)C(OCc1ccccc1)c1ccccc1. The lowest BCUT2D eigenvalue weighted by molar-refractivity contribution is 0.0190. The smallest absolute Gasteiger partial charge is 0.0979 e. The maximum absolute atomic E-state index is 6.10. The minimum absolute atomic E-state index is 0.0615. The fourth-order valence-corrected chi connectivity index (χ4v) is 2.08. The summed E-state index contributed by atoms with van der Waals surface area (Å²) in [7, 11) is 1.96. The first-order valence-electron chi connectivity index (χ1n) is 6.69. The van der Waals surface area contributed by atoms with Gasteiger partial charge in [0.15, 0.2) is 0 Å². The molecular formula is C17H21NO. The summed E-state index contributed by atoms with van der Waals surface area (Å²) in [6.45, 7) is 2.77. The summed E-state index contributed by atoms with van der Waals surface area (Å²) in [5, 5.41) is 3.27. The Balaban J connectivity index is 2.07. The molecule has 2 aromatic rings. The van der Waals surface area contributed by atoms with Crippen molar-refractivity contribution in [1.29, 1.82) is 0 Å². The van der Waals surface area contributed by atoms with Crippen LogP contribution in [0.2, 0.25) is 0 Å². The third kappa shape index (κ3) is 3.91. The maximum Gasteiger partial charge on any atom is 0.0979 e. The summed E-state index contributed by atoms with van der Waals surface area (Å²) in [6.07, 6.45) is 0.0615. The van der Waals surface area contributed by atoms with Gasteiger partial charge in [-0.3, -0.25) is 0 Å². The van der Waals surface area contributed by atoms with E-state index in [0.717, 1.165) is 0 Å². The molecular weight excluding hydrogens is 234 g/mol. The fourth-order valence-electron chi connectivity index (χ4n) is 2.08. The van der Waals surface area contributed by atoms with Gasteiger partial charge in [0, 0.05) is 6.04 Å². The summed E-state index contributed by atoms with van der Waals surface area (Å²) >= 11 is 0. The molecule has 2 atom stereocenters. The molecule has 2 nitrogen and oxygen atoms in total. The highest BCUT2D eigenvalue weighted by Gasteiger charge is 2.18. The fraction of sp³-hybridized carbons (Fsp3) is 0.294. The number of nitrogens with one attached hydrogen (secondary N) is 1. The Labute approximate surface area is 115 Å². The molecule has 0 radical (unpaired) electrons. The number of hydrogen-bond acceptors (Lipinski definition) is 2. The predicted molar refractivity (Wildman–Crippen MR) is 78.9 cm³/mol. The van der Waals surface area contributed by atoms with Crippen molar-refractivity contribution in [2.75, 3.05) is 7.05 Å². The van der Waals surface area contributed by atoms with Gasteiger partial charge < -0.3 is 10.1 Å². The zero-order valence-electron chi connectivity index (χ0n) is 11.5. The molecule has 0 bridgehead atoms. The second-order valence-electron chi connectivity index (χ2n) is 4.71. The lowest BCUT2D eigenvalue weighted by Gasteiger charge is -2.24. The van der Waals surface area contributed by atoms with Gasteiger partial charge >= 0.3 is 0 Å². The van der Waals surface area contributed by atoms with Gasteiger partial charge in [0.05, 0.1) is 12.7 Å². The van der Waals surface area contributed by atoms with Crippen LogP contribution in [0.5, 0.6) is 0 Å². The zero-order chi connectivity index (χ0) is 13.5. The van der Waals surface area contributed by atoms with Gasteiger partial charge in [-0.25, -0.2) is 0 Å². The number of benzene rings is 2. The first kappa shape index (κ1) is 13.8. The number of ether oxygens (including phenoxy) is 1. The molecule has 0 saturated carbocycles. The van der Waals surface area contributed by atoms with E-state index in [1.807, 2.05) is 31.3 Å². The van der Waals surface area contributed by atoms with Crippen molar-refractivity contribution >= 4 is 0 Å². The second kappa shape index (κ2) is 7.07.